The largest absolute Gasteiger partial charge is 0.493 e. The number of nitrogens with one attached hydrogen (secondary N) is 2. The maximum Gasteiger partial charge on any atom is 0.276 e. The highest BCUT2D eigenvalue weighted by Crippen LogP contribution is 2.34. The number of hydrogen-bond acceptors (Lipinski definition) is 5. The van der Waals surface area contributed by atoms with Gasteiger partial charge in [-0.05, 0) is 37.5 Å². The number of benzene rings is 1. The zero-order valence-corrected chi connectivity index (χ0v) is 15.5. The molecule has 0 aromatic heterocycles. The molecule has 7 nitrogen and oxygen atoms in total. The maximum absolute atomic E-state index is 11.3. The number of hydrogen-bond donors (Lipinski definition) is 2. The summed E-state index contributed by atoms with van der Waals surface area (Å²) in [6.45, 7) is 0.509. The lowest BCUT2D eigenvalue weighted by atomic mass is 9.96. The predicted octanol–water partition coefficient (Wildman–Crippen LogP) is 2.95. The van der Waals surface area contributed by atoms with E-state index < -0.39 is 4.92 Å². The standard InChI is InChI=1S/C17H25N3O4S/c1-23-15-10-12(14(20(21)22)11-16(15)24-2)8-9-18-17(25)19-13-6-4-3-5-7-13/h10-11,13H,3-9H2,1-2H3,(H2,18,19,25). The van der Waals surface area contributed by atoms with Crippen molar-refractivity contribution in [1.29, 1.82) is 0 Å². The van der Waals surface area contributed by atoms with E-state index in [4.69, 9.17) is 21.7 Å². The van der Waals surface area contributed by atoms with E-state index in [0.29, 0.717) is 41.2 Å². The quantitative estimate of drug-likeness (QED) is 0.435. The van der Waals surface area contributed by atoms with Crippen LogP contribution in [0.1, 0.15) is 37.7 Å². The zero-order chi connectivity index (χ0) is 18.2. The first-order valence-electron chi connectivity index (χ1n) is 8.48. The Morgan fingerprint density at radius 2 is 1.88 bits per heavy atom. The molecule has 0 amide bonds. The van der Waals surface area contributed by atoms with Crippen LogP contribution in [0.4, 0.5) is 5.69 Å². The van der Waals surface area contributed by atoms with Crippen LogP contribution in [0.15, 0.2) is 12.1 Å². The van der Waals surface area contributed by atoms with Gasteiger partial charge in [0.25, 0.3) is 5.69 Å². The van der Waals surface area contributed by atoms with Crippen molar-refractivity contribution < 1.29 is 14.4 Å². The molecule has 8 heteroatoms. The van der Waals surface area contributed by atoms with Crippen LogP contribution in [0.25, 0.3) is 0 Å². The first-order valence-corrected chi connectivity index (χ1v) is 8.89. The molecule has 0 heterocycles. The predicted molar refractivity (Wildman–Crippen MR) is 101 cm³/mol. The van der Waals surface area contributed by atoms with Gasteiger partial charge in [-0.3, -0.25) is 10.1 Å². The van der Waals surface area contributed by atoms with Crippen molar-refractivity contribution in [2.24, 2.45) is 0 Å². The van der Waals surface area contributed by atoms with Crippen LogP contribution < -0.4 is 20.1 Å². The molecule has 0 bridgehead atoms. The summed E-state index contributed by atoms with van der Waals surface area (Å²) in [6.07, 6.45) is 6.51. The molecule has 1 aliphatic carbocycles. The Balaban J connectivity index is 1.94. The van der Waals surface area contributed by atoms with Gasteiger partial charge in [0.2, 0.25) is 0 Å². The number of methoxy groups -OCH3 is 2. The van der Waals surface area contributed by atoms with Crippen LogP contribution in [0, 0.1) is 10.1 Å². The van der Waals surface area contributed by atoms with E-state index >= 15 is 0 Å². The van der Waals surface area contributed by atoms with E-state index in [1.165, 1.54) is 39.5 Å². The van der Waals surface area contributed by atoms with Crippen LogP contribution in [0.2, 0.25) is 0 Å². The van der Waals surface area contributed by atoms with Gasteiger partial charge in [0.05, 0.1) is 25.2 Å². The van der Waals surface area contributed by atoms with Gasteiger partial charge in [0.1, 0.15) is 0 Å². The molecule has 0 saturated heterocycles. The van der Waals surface area contributed by atoms with Crippen molar-refractivity contribution in [1.82, 2.24) is 10.6 Å². The number of rotatable bonds is 7. The number of thiocarbonyl (C=S) groups is 1. The molecule has 1 fully saturated rings. The summed E-state index contributed by atoms with van der Waals surface area (Å²) in [5.74, 6) is 0.825. The third kappa shape index (κ3) is 5.45. The van der Waals surface area contributed by atoms with Crippen LogP contribution in [-0.2, 0) is 6.42 Å². The Morgan fingerprint density at radius 1 is 1.24 bits per heavy atom. The summed E-state index contributed by atoms with van der Waals surface area (Å²) in [6, 6.07) is 3.48. The normalized spacial score (nSPS) is 14.6. The number of nitrogens with zero attached hydrogens (tertiary/aromatic N) is 1. The van der Waals surface area contributed by atoms with Gasteiger partial charge in [-0.15, -0.1) is 0 Å². The molecule has 0 aliphatic heterocycles. The second-order valence-electron chi connectivity index (χ2n) is 6.08. The fraction of sp³-hybridized carbons (Fsp3) is 0.588. The topological polar surface area (TPSA) is 85.7 Å². The zero-order valence-electron chi connectivity index (χ0n) is 14.7. The van der Waals surface area contributed by atoms with Gasteiger partial charge < -0.3 is 20.1 Å². The molecule has 1 saturated carbocycles. The fourth-order valence-corrected chi connectivity index (χ4v) is 3.34. The van der Waals surface area contributed by atoms with Gasteiger partial charge in [-0.2, -0.15) is 0 Å². The van der Waals surface area contributed by atoms with Crippen molar-refractivity contribution in [3.63, 3.8) is 0 Å². The highest BCUT2D eigenvalue weighted by Gasteiger charge is 2.19. The molecule has 2 rings (SSSR count). The third-order valence-corrected chi connectivity index (χ3v) is 4.66. The van der Waals surface area contributed by atoms with E-state index in [2.05, 4.69) is 10.6 Å². The van der Waals surface area contributed by atoms with Crippen molar-refractivity contribution in [3.8, 4) is 11.5 Å². The van der Waals surface area contributed by atoms with E-state index in [1.54, 1.807) is 6.07 Å². The first kappa shape index (κ1) is 19.2. The fourth-order valence-electron chi connectivity index (χ4n) is 3.07. The Labute approximate surface area is 153 Å². The minimum absolute atomic E-state index is 0.0191. The van der Waals surface area contributed by atoms with Crippen LogP contribution in [-0.4, -0.2) is 36.8 Å². The van der Waals surface area contributed by atoms with E-state index in [-0.39, 0.29) is 5.69 Å². The van der Waals surface area contributed by atoms with Crippen molar-refractivity contribution in [2.45, 2.75) is 44.6 Å². The Hall–Kier alpha value is -2.09. The van der Waals surface area contributed by atoms with Gasteiger partial charge in [0, 0.05) is 18.2 Å². The number of nitro groups is 1. The average Bonchev–Trinajstić information content (AvgIpc) is 2.61. The van der Waals surface area contributed by atoms with Crippen LogP contribution in [0.5, 0.6) is 11.5 Å². The molecule has 0 atom stereocenters. The van der Waals surface area contributed by atoms with Gasteiger partial charge in [-0.1, -0.05) is 19.3 Å². The van der Waals surface area contributed by atoms with Gasteiger partial charge in [0.15, 0.2) is 16.6 Å². The van der Waals surface area contributed by atoms with E-state index in [9.17, 15) is 10.1 Å². The minimum atomic E-state index is -0.407. The number of ether oxygens (including phenoxy) is 2. The van der Waals surface area contributed by atoms with Gasteiger partial charge in [-0.25, -0.2) is 0 Å². The summed E-state index contributed by atoms with van der Waals surface area (Å²) in [7, 11) is 2.97. The highest BCUT2D eigenvalue weighted by molar-refractivity contribution is 7.80. The van der Waals surface area contributed by atoms with E-state index in [1.807, 2.05) is 0 Å². The molecule has 0 unspecified atom stereocenters. The third-order valence-electron chi connectivity index (χ3n) is 4.40. The Kier molecular flexibility index (Phi) is 7.24. The lowest BCUT2D eigenvalue weighted by molar-refractivity contribution is -0.385. The second-order valence-corrected chi connectivity index (χ2v) is 6.49. The van der Waals surface area contributed by atoms with Gasteiger partial charge >= 0.3 is 0 Å². The number of nitro benzene ring substituents is 1. The second kappa shape index (κ2) is 9.41. The summed E-state index contributed by atoms with van der Waals surface area (Å²) >= 11 is 5.32. The molecule has 2 N–H and O–H groups in total. The van der Waals surface area contributed by atoms with Crippen LogP contribution >= 0.6 is 12.2 Å². The molecule has 0 spiro atoms. The average molecular weight is 367 g/mol. The molecular weight excluding hydrogens is 342 g/mol. The smallest absolute Gasteiger partial charge is 0.276 e. The molecule has 1 aromatic carbocycles. The maximum atomic E-state index is 11.3. The minimum Gasteiger partial charge on any atom is -0.493 e. The molecular formula is C17H25N3O4S. The van der Waals surface area contributed by atoms with Crippen molar-refractivity contribution in [3.05, 3.63) is 27.8 Å². The summed E-state index contributed by atoms with van der Waals surface area (Å²) in [4.78, 5) is 10.9. The Bertz CT molecular complexity index is 618. The lowest BCUT2D eigenvalue weighted by Gasteiger charge is -2.24. The van der Waals surface area contributed by atoms with Crippen molar-refractivity contribution in [2.75, 3.05) is 20.8 Å². The van der Waals surface area contributed by atoms with E-state index in [0.717, 1.165) is 12.8 Å². The highest BCUT2D eigenvalue weighted by atomic mass is 32.1. The molecule has 138 valence electrons. The molecule has 0 radical (unpaired) electrons. The van der Waals surface area contributed by atoms with Crippen molar-refractivity contribution >= 4 is 23.0 Å². The first-order chi connectivity index (χ1) is 12.0. The Morgan fingerprint density at radius 3 is 2.48 bits per heavy atom. The summed E-state index contributed by atoms with van der Waals surface area (Å²) in [5, 5.41) is 18.4. The SMILES string of the molecule is COc1cc(CCNC(=S)NC2CCCCC2)c([N+](=O)[O-])cc1OC. The molecule has 25 heavy (non-hydrogen) atoms. The molecule has 1 aliphatic rings. The summed E-state index contributed by atoms with van der Waals surface area (Å²) in [5.41, 5.74) is 0.598. The molecule has 1 aromatic rings. The van der Waals surface area contributed by atoms with Crippen LogP contribution in [0.3, 0.4) is 0 Å². The monoisotopic (exact) mass is 367 g/mol. The lowest BCUT2D eigenvalue weighted by Crippen LogP contribution is -2.43. The summed E-state index contributed by atoms with van der Waals surface area (Å²) < 4.78 is 10.4.